The fourth-order valence-electron chi connectivity index (χ4n) is 3.23. The van der Waals surface area contributed by atoms with Crippen molar-refractivity contribution in [3.05, 3.63) is 65.2 Å². The average Bonchev–Trinajstić information content (AvgIpc) is 2.74. The van der Waals surface area contributed by atoms with Crippen molar-refractivity contribution in [3.8, 4) is 0 Å². The first kappa shape index (κ1) is 21.8. The first-order chi connectivity index (χ1) is 14.1. The topological polar surface area (TPSA) is 88.0 Å². The zero-order valence-electron chi connectivity index (χ0n) is 16.4. The second-order valence-corrected chi connectivity index (χ2v) is 8.10. The molecule has 6 nitrogen and oxygen atoms in total. The van der Waals surface area contributed by atoms with Gasteiger partial charge in [-0.15, -0.1) is 0 Å². The number of aliphatic hydroxyl groups excluding tert-OH is 2. The Bertz CT molecular complexity index is 781. The van der Waals surface area contributed by atoms with Gasteiger partial charge in [-0.05, 0) is 23.3 Å². The van der Waals surface area contributed by atoms with Gasteiger partial charge in [0.05, 0.1) is 25.4 Å². The third kappa shape index (κ3) is 6.29. The van der Waals surface area contributed by atoms with Crippen LogP contribution in [0.15, 0.2) is 48.5 Å². The van der Waals surface area contributed by atoms with Crippen LogP contribution in [0, 0.1) is 0 Å². The number of anilines is 1. The summed E-state index contributed by atoms with van der Waals surface area (Å²) in [6, 6.07) is 15.2. The number of amides is 1. The number of hydrogen-bond acceptors (Lipinski definition) is 6. The Labute approximate surface area is 175 Å². The molecule has 0 spiro atoms. The second-order valence-electron chi connectivity index (χ2n) is 6.95. The minimum atomic E-state index is -0.516. The molecule has 0 bridgehead atoms. The normalized spacial score (nSPS) is 21.7. The lowest BCUT2D eigenvalue weighted by molar-refractivity contribution is -0.245. The number of rotatable bonds is 8. The molecule has 0 radical (unpaired) electrons. The predicted octanol–water partition coefficient (Wildman–Crippen LogP) is 3.41. The van der Waals surface area contributed by atoms with Crippen LogP contribution in [0.5, 0.6) is 0 Å². The first-order valence-corrected chi connectivity index (χ1v) is 10.8. The van der Waals surface area contributed by atoms with Gasteiger partial charge in [0.1, 0.15) is 0 Å². The lowest BCUT2D eigenvalue weighted by Gasteiger charge is -2.36. The molecule has 1 saturated heterocycles. The zero-order valence-corrected chi connectivity index (χ0v) is 17.2. The predicted molar refractivity (Wildman–Crippen MR) is 114 cm³/mol. The number of thioether (sulfide) groups is 1. The van der Waals surface area contributed by atoms with Gasteiger partial charge in [0.15, 0.2) is 6.29 Å². The molecule has 3 rings (SSSR count). The summed E-state index contributed by atoms with van der Waals surface area (Å²) in [7, 11) is 0. The van der Waals surface area contributed by atoms with Gasteiger partial charge in [-0.1, -0.05) is 36.4 Å². The molecule has 1 amide bonds. The van der Waals surface area contributed by atoms with Gasteiger partial charge >= 0.3 is 0 Å². The van der Waals surface area contributed by atoms with E-state index in [1.165, 1.54) is 6.92 Å². The minimum absolute atomic E-state index is 0.0113. The van der Waals surface area contributed by atoms with Crippen molar-refractivity contribution in [3.63, 3.8) is 0 Å². The van der Waals surface area contributed by atoms with Crippen molar-refractivity contribution < 1.29 is 24.5 Å². The third-order valence-corrected chi connectivity index (χ3v) is 5.74. The number of ether oxygens (including phenoxy) is 2. The van der Waals surface area contributed by atoms with Gasteiger partial charge in [-0.2, -0.15) is 11.8 Å². The maximum absolute atomic E-state index is 11.2. The fraction of sp³-hybridized carbons (Fsp3) is 0.409. The van der Waals surface area contributed by atoms with Crippen molar-refractivity contribution in [2.24, 2.45) is 0 Å². The number of carbonyl (C=O) groups is 1. The van der Waals surface area contributed by atoms with Gasteiger partial charge in [-0.3, -0.25) is 4.79 Å². The van der Waals surface area contributed by atoms with Crippen LogP contribution in [0.25, 0.3) is 0 Å². The summed E-state index contributed by atoms with van der Waals surface area (Å²) in [5.74, 6) is 1.33. The number of aliphatic hydroxyl groups is 2. The molecular weight excluding hydrogens is 390 g/mol. The van der Waals surface area contributed by atoms with E-state index in [1.807, 2.05) is 48.5 Å². The highest BCUT2D eigenvalue weighted by Crippen LogP contribution is 2.38. The van der Waals surface area contributed by atoms with Crippen LogP contribution in [0.4, 0.5) is 5.69 Å². The van der Waals surface area contributed by atoms with Crippen LogP contribution in [0.1, 0.15) is 42.4 Å². The Hall–Kier alpha value is -1.90. The van der Waals surface area contributed by atoms with Crippen molar-refractivity contribution in [2.45, 2.75) is 38.4 Å². The molecule has 156 valence electrons. The summed E-state index contributed by atoms with van der Waals surface area (Å²) in [6.45, 7) is 1.63. The molecule has 29 heavy (non-hydrogen) atoms. The van der Waals surface area contributed by atoms with Crippen LogP contribution in [-0.4, -0.2) is 40.3 Å². The highest BCUT2D eigenvalue weighted by molar-refractivity contribution is 7.99. The molecule has 1 fully saturated rings. The van der Waals surface area contributed by atoms with Crippen LogP contribution in [0.2, 0.25) is 0 Å². The van der Waals surface area contributed by atoms with Crippen molar-refractivity contribution >= 4 is 23.4 Å². The van der Waals surface area contributed by atoms with Gasteiger partial charge in [0.2, 0.25) is 5.91 Å². The van der Waals surface area contributed by atoms with Gasteiger partial charge < -0.3 is 25.0 Å². The maximum atomic E-state index is 11.2. The van der Waals surface area contributed by atoms with E-state index >= 15 is 0 Å². The molecule has 1 heterocycles. The van der Waals surface area contributed by atoms with Gasteiger partial charge in [0.25, 0.3) is 0 Å². The number of benzene rings is 2. The summed E-state index contributed by atoms with van der Waals surface area (Å²) in [6.07, 6.45) is 0.0636. The molecule has 1 aliphatic rings. The molecule has 0 aliphatic carbocycles. The van der Waals surface area contributed by atoms with Gasteiger partial charge in [0, 0.05) is 36.1 Å². The summed E-state index contributed by atoms with van der Waals surface area (Å²) >= 11 is 1.66. The molecule has 2 aromatic carbocycles. The zero-order chi connectivity index (χ0) is 20.6. The average molecular weight is 418 g/mol. The Kier molecular flexibility index (Phi) is 8.09. The van der Waals surface area contributed by atoms with Crippen LogP contribution in [-0.2, 0) is 20.9 Å². The Morgan fingerprint density at radius 2 is 1.76 bits per heavy atom. The quantitative estimate of drug-likeness (QED) is 0.571. The van der Waals surface area contributed by atoms with Crippen molar-refractivity contribution in [1.82, 2.24) is 0 Å². The Balaban J connectivity index is 1.76. The molecule has 0 aromatic heterocycles. The van der Waals surface area contributed by atoms with E-state index in [4.69, 9.17) is 14.6 Å². The highest BCUT2D eigenvalue weighted by atomic mass is 32.2. The molecule has 3 atom stereocenters. The summed E-state index contributed by atoms with van der Waals surface area (Å²) < 4.78 is 12.4. The molecule has 7 heteroatoms. The van der Waals surface area contributed by atoms with Crippen LogP contribution in [0.3, 0.4) is 0 Å². The molecule has 0 unspecified atom stereocenters. The Morgan fingerprint density at radius 3 is 2.38 bits per heavy atom. The SMILES string of the molecule is CC(=O)Nc1ccc([C@@H]2O[C@H](CSCCO)C[C@H](c3ccc(CO)cc3)O2)cc1. The van der Waals surface area contributed by atoms with Gasteiger partial charge in [-0.25, -0.2) is 0 Å². The smallest absolute Gasteiger partial charge is 0.221 e. The van der Waals surface area contributed by atoms with E-state index in [2.05, 4.69) is 5.32 Å². The van der Waals surface area contributed by atoms with E-state index in [-0.39, 0.29) is 31.3 Å². The highest BCUT2D eigenvalue weighted by Gasteiger charge is 2.32. The monoisotopic (exact) mass is 417 g/mol. The molecule has 1 aliphatic heterocycles. The van der Waals surface area contributed by atoms with E-state index < -0.39 is 6.29 Å². The first-order valence-electron chi connectivity index (χ1n) is 9.66. The lowest BCUT2D eigenvalue weighted by atomic mass is 10.0. The summed E-state index contributed by atoms with van der Waals surface area (Å²) in [4.78, 5) is 11.2. The minimum Gasteiger partial charge on any atom is -0.396 e. The van der Waals surface area contributed by atoms with E-state index in [1.54, 1.807) is 11.8 Å². The van der Waals surface area contributed by atoms with E-state index in [0.29, 0.717) is 5.75 Å². The standard InChI is InChI=1S/C22H27NO5S/c1-15(26)23-19-8-6-18(7-9-19)22-27-20(14-29-11-10-24)12-21(28-22)17-4-2-16(13-25)3-5-17/h2-9,20-22,24-25H,10-14H2,1H3,(H,23,26)/t20-,21+,22+/m0/s1. The molecule has 0 saturated carbocycles. The maximum Gasteiger partial charge on any atom is 0.221 e. The molecule has 2 aromatic rings. The lowest BCUT2D eigenvalue weighted by Crippen LogP contribution is -2.31. The van der Waals surface area contributed by atoms with E-state index in [0.717, 1.165) is 34.6 Å². The third-order valence-electron chi connectivity index (χ3n) is 4.66. The Morgan fingerprint density at radius 1 is 1.07 bits per heavy atom. The fourth-order valence-corrected chi connectivity index (χ4v) is 4.00. The summed E-state index contributed by atoms with van der Waals surface area (Å²) in [5, 5.41) is 21.1. The second kappa shape index (κ2) is 10.8. The number of hydrogen-bond donors (Lipinski definition) is 3. The number of carbonyl (C=O) groups excluding carboxylic acids is 1. The summed E-state index contributed by atoms with van der Waals surface area (Å²) in [5.41, 5.74) is 3.51. The molecular formula is C22H27NO5S. The van der Waals surface area contributed by atoms with E-state index in [9.17, 15) is 9.90 Å². The van der Waals surface area contributed by atoms with Crippen LogP contribution >= 0.6 is 11.8 Å². The van der Waals surface area contributed by atoms with Crippen LogP contribution < -0.4 is 5.32 Å². The van der Waals surface area contributed by atoms with Crippen molar-refractivity contribution in [1.29, 1.82) is 0 Å². The van der Waals surface area contributed by atoms with Crippen molar-refractivity contribution in [2.75, 3.05) is 23.4 Å². The number of nitrogens with one attached hydrogen (secondary N) is 1. The largest absolute Gasteiger partial charge is 0.396 e. The molecule has 3 N–H and O–H groups in total.